The molecule has 0 bridgehead atoms. The summed E-state index contributed by atoms with van der Waals surface area (Å²) in [6.07, 6.45) is 0. The topological polar surface area (TPSA) is 68.3 Å². The molecule has 6 heteroatoms. The third-order valence-corrected chi connectivity index (χ3v) is 2.79. The Morgan fingerprint density at radius 3 is 2.71 bits per heavy atom. The Morgan fingerprint density at radius 1 is 1.24 bits per heavy atom. The fourth-order valence-electron chi connectivity index (χ4n) is 1.62. The first kappa shape index (κ1) is 15.0. The zero-order chi connectivity index (χ0) is 15.2. The molecule has 5 nitrogen and oxygen atoms in total. The molecule has 2 aromatic rings. The zero-order valence-corrected chi connectivity index (χ0v) is 12.1. The lowest BCUT2D eigenvalue weighted by Gasteiger charge is -2.06. The van der Waals surface area contributed by atoms with Gasteiger partial charge in [0.05, 0.1) is 5.56 Å². The van der Waals surface area contributed by atoms with Gasteiger partial charge in [0.15, 0.2) is 6.61 Å². The Morgan fingerprint density at radius 2 is 2.00 bits per heavy atom. The van der Waals surface area contributed by atoms with Crippen molar-refractivity contribution in [1.82, 2.24) is 4.98 Å². The van der Waals surface area contributed by atoms with Gasteiger partial charge in [-0.05, 0) is 37.3 Å². The predicted octanol–water partition coefficient (Wildman–Crippen LogP) is 2.84. The van der Waals surface area contributed by atoms with Gasteiger partial charge >= 0.3 is 5.97 Å². The Hall–Kier alpha value is -2.40. The van der Waals surface area contributed by atoms with Crippen molar-refractivity contribution in [3.63, 3.8) is 0 Å². The number of benzene rings is 1. The maximum atomic E-state index is 11.7. The number of esters is 1. The van der Waals surface area contributed by atoms with E-state index in [-0.39, 0.29) is 6.61 Å². The van der Waals surface area contributed by atoms with E-state index in [1.807, 2.05) is 13.0 Å². The van der Waals surface area contributed by atoms with E-state index in [0.717, 1.165) is 5.69 Å². The molecule has 0 saturated heterocycles. The molecule has 1 amide bonds. The van der Waals surface area contributed by atoms with Crippen LogP contribution in [0.4, 0.5) is 5.82 Å². The van der Waals surface area contributed by atoms with Crippen molar-refractivity contribution >= 4 is 29.3 Å². The molecule has 0 saturated carbocycles. The maximum Gasteiger partial charge on any atom is 0.338 e. The van der Waals surface area contributed by atoms with Crippen molar-refractivity contribution in [2.45, 2.75) is 6.92 Å². The molecule has 0 aliphatic rings. The van der Waals surface area contributed by atoms with E-state index < -0.39 is 11.9 Å². The number of carbonyl (C=O) groups excluding carboxylic acids is 2. The fraction of sp³-hybridized carbons (Fsp3) is 0.133. The third kappa shape index (κ3) is 4.57. The summed E-state index contributed by atoms with van der Waals surface area (Å²) in [7, 11) is 0. The summed E-state index contributed by atoms with van der Waals surface area (Å²) < 4.78 is 4.91. The van der Waals surface area contributed by atoms with Crippen LogP contribution in [0.1, 0.15) is 16.1 Å². The summed E-state index contributed by atoms with van der Waals surface area (Å²) in [5, 5.41) is 2.98. The number of aromatic nitrogens is 1. The lowest BCUT2D eigenvalue weighted by molar-refractivity contribution is -0.119. The van der Waals surface area contributed by atoms with Gasteiger partial charge in [-0.1, -0.05) is 23.7 Å². The Balaban J connectivity index is 1.88. The van der Waals surface area contributed by atoms with Gasteiger partial charge in [0.2, 0.25) is 0 Å². The van der Waals surface area contributed by atoms with Crippen LogP contribution in [0, 0.1) is 6.92 Å². The van der Waals surface area contributed by atoms with Crippen LogP contribution in [0.3, 0.4) is 0 Å². The monoisotopic (exact) mass is 304 g/mol. The first-order chi connectivity index (χ1) is 10.0. The highest BCUT2D eigenvalue weighted by Crippen LogP contribution is 2.11. The molecule has 0 radical (unpaired) electrons. The van der Waals surface area contributed by atoms with Crippen LogP contribution < -0.4 is 5.32 Å². The number of nitrogens with zero attached hydrogens (tertiary/aromatic N) is 1. The van der Waals surface area contributed by atoms with E-state index in [9.17, 15) is 9.59 Å². The molecule has 108 valence electrons. The number of halogens is 1. The summed E-state index contributed by atoms with van der Waals surface area (Å²) in [6, 6.07) is 11.6. The van der Waals surface area contributed by atoms with E-state index in [1.54, 1.807) is 30.3 Å². The standard InChI is InChI=1S/C15H13ClN2O3/c1-10-4-2-7-13(17-10)18-14(19)9-21-15(20)11-5-3-6-12(16)8-11/h2-8H,9H2,1H3,(H,17,18,19). The van der Waals surface area contributed by atoms with Crippen LogP contribution in [-0.4, -0.2) is 23.5 Å². The van der Waals surface area contributed by atoms with E-state index in [2.05, 4.69) is 10.3 Å². The SMILES string of the molecule is Cc1cccc(NC(=O)COC(=O)c2cccc(Cl)c2)n1. The molecule has 0 fully saturated rings. The molecule has 1 aromatic carbocycles. The van der Waals surface area contributed by atoms with Gasteiger partial charge in [0.25, 0.3) is 5.91 Å². The highest BCUT2D eigenvalue weighted by atomic mass is 35.5. The maximum absolute atomic E-state index is 11.7. The molecule has 1 heterocycles. The first-order valence-corrected chi connectivity index (χ1v) is 6.58. The second kappa shape index (κ2) is 6.85. The summed E-state index contributed by atoms with van der Waals surface area (Å²) in [6.45, 7) is 1.43. The molecule has 0 atom stereocenters. The highest BCUT2D eigenvalue weighted by Gasteiger charge is 2.11. The molecule has 1 aromatic heterocycles. The largest absolute Gasteiger partial charge is 0.452 e. The summed E-state index contributed by atoms with van der Waals surface area (Å²) in [5.74, 6) is -0.646. The minimum absolute atomic E-state index is 0.295. The van der Waals surface area contributed by atoms with Crippen LogP contribution >= 0.6 is 11.6 Å². The van der Waals surface area contributed by atoms with Gasteiger partial charge in [-0.2, -0.15) is 0 Å². The van der Waals surface area contributed by atoms with Gasteiger partial charge in [0, 0.05) is 10.7 Å². The van der Waals surface area contributed by atoms with Gasteiger partial charge in [-0.15, -0.1) is 0 Å². The molecule has 0 spiro atoms. The number of nitrogens with one attached hydrogen (secondary N) is 1. The summed E-state index contributed by atoms with van der Waals surface area (Å²) >= 11 is 5.78. The number of carbonyl (C=O) groups is 2. The van der Waals surface area contributed by atoms with Gasteiger partial charge < -0.3 is 10.1 Å². The van der Waals surface area contributed by atoms with Crippen LogP contribution in [-0.2, 0) is 9.53 Å². The molecular weight excluding hydrogens is 292 g/mol. The Kier molecular flexibility index (Phi) is 4.90. The summed E-state index contributed by atoms with van der Waals surface area (Å²) in [5.41, 5.74) is 1.08. The number of pyridine rings is 1. The first-order valence-electron chi connectivity index (χ1n) is 6.21. The van der Waals surface area contributed by atoms with E-state index in [0.29, 0.717) is 16.4 Å². The van der Waals surface area contributed by atoms with Crippen LogP contribution in [0.15, 0.2) is 42.5 Å². The number of hydrogen-bond acceptors (Lipinski definition) is 4. The normalized spacial score (nSPS) is 10.0. The van der Waals surface area contributed by atoms with Crippen molar-refractivity contribution in [1.29, 1.82) is 0 Å². The fourth-order valence-corrected chi connectivity index (χ4v) is 1.81. The Labute approximate surface area is 126 Å². The molecule has 0 aliphatic carbocycles. The van der Waals surface area contributed by atoms with Crippen molar-refractivity contribution in [3.8, 4) is 0 Å². The molecular formula is C15H13ClN2O3. The van der Waals surface area contributed by atoms with Gasteiger partial charge in [0.1, 0.15) is 5.82 Å². The zero-order valence-electron chi connectivity index (χ0n) is 11.3. The number of aryl methyl sites for hydroxylation is 1. The second-order valence-electron chi connectivity index (χ2n) is 4.30. The minimum Gasteiger partial charge on any atom is -0.452 e. The van der Waals surface area contributed by atoms with E-state index in [4.69, 9.17) is 16.3 Å². The van der Waals surface area contributed by atoms with Gasteiger partial charge in [-0.3, -0.25) is 4.79 Å². The average Bonchev–Trinajstić information content (AvgIpc) is 2.45. The average molecular weight is 305 g/mol. The smallest absolute Gasteiger partial charge is 0.338 e. The number of anilines is 1. The second-order valence-corrected chi connectivity index (χ2v) is 4.74. The number of amides is 1. The number of hydrogen-bond donors (Lipinski definition) is 1. The van der Waals surface area contributed by atoms with Crippen LogP contribution in [0.2, 0.25) is 5.02 Å². The highest BCUT2D eigenvalue weighted by molar-refractivity contribution is 6.30. The van der Waals surface area contributed by atoms with Crippen LogP contribution in [0.25, 0.3) is 0 Å². The Bertz CT molecular complexity index is 673. The predicted molar refractivity (Wildman–Crippen MR) is 79.3 cm³/mol. The third-order valence-electron chi connectivity index (χ3n) is 2.55. The quantitative estimate of drug-likeness (QED) is 0.882. The molecule has 1 N–H and O–H groups in total. The summed E-state index contributed by atoms with van der Waals surface area (Å²) in [4.78, 5) is 27.5. The van der Waals surface area contributed by atoms with E-state index >= 15 is 0 Å². The van der Waals surface area contributed by atoms with Crippen LogP contribution in [0.5, 0.6) is 0 Å². The lowest BCUT2D eigenvalue weighted by atomic mass is 10.2. The van der Waals surface area contributed by atoms with Gasteiger partial charge in [-0.25, -0.2) is 9.78 Å². The molecule has 21 heavy (non-hydrogen) atoms. The van der Waals surface area contributed by atoms with Crippen molar-refractivity contribution in [3.05, 3.63) is 58.7 Å². The number of rotatable bonds is 4. The number of ether oxygens (including phenoxy) is 1. The van der Waals surface area contributed by atoms with Crippen molar-refractivity contribution in [2.24, 2.45) is 0 Å². The minimum atomic E-state index is -0.607. The molecule has 0 aliphatic heterocycles. The molecule has 0 unspecified atom stereocenters. The van der Waals surface area contributed by atoms with Crippen molar-refractivity contribution < 1.29 is 14.3 Å². The lowest BCUT2D eigenvalue weighted by Crippen LogP contribution is -2.21. The molecule has 2 rings (SSSR count). The van der Waals surface area contributed by atoms with Crippen molar-refractivity contribution in [2.75, 3.05) is 11.9 Å². The van der Waals surface area contributed by atoms with E-state index in [1.165, 1.54) is 6.07 Å².